The number of hydrogen-bond acceptors (Lipinski definition) is 4. The quantitative estimate of drug-likeness (QED) is 0.683. The highest BCUT2D eigenvalue weighted by atomic mass is 35.5. The number of rotatable bonds is 5. The van der Waals surface area contributed by atoms with Crippen LogP contribution in [0, 0.1) is 0 Å². The number of carbonyl (C=O) groups excluding carboxylic acids is 3. The molecule has 1 heterocycles. The van der Waals surface area contributed by atoms with Crippen molar-refractivity contribution < 1.29 is 14.4 Å². The molecule has 1 saturated heterocycles. The van der Waals surface area contributed by atoms with E-state index < -0.39 is 5.25 Å². The predicted octanol–water partition coefficient (Wildman–Crippen LogP) is 4.65. The SMILES string of the molecule is O=C(CSC1CC(=O)N(c2ccc(Cl)c(Cl)c2)C1=O)Nc1ccc(Cl)cc1. The molecule has 2 aromatic rings. The molecule has 140 valence electrons. The number of nitrogens with one attached hydrogen (secondary N) is 1. The first kappa shape index (κ1) is 20.0. The first-order valence-electron chi connectivity index (χ1n) is 7.84. The lowest BCUT2D eigenvalue weighted by molar-refractivity contribution is -0.121. The van der Waals surface area contributed by atoms with Gasteiger partial charge >= 0.3 is 0 Å². The lowest BCUT2D eigenvalue weighted by Crippen LogP contribution is -2.31. The summed E-state index contributed by atoms with van der Waals surface area (Å²) in [6.07, 6.45) is 0.0258. The zero-order chi connectivity index (χ0) is 19.6. The summed E-state index contributed by atoms with van der Waals surface area (Å²) < 4.78 is 0. The van der Waals surface area contributed by atoms with Gasteiger partial charge in [0.2, 0.25) is 17.7 Å². The third-order valence-corrected chi connectivity index (χ3v) is 6.00. The van der Waals surface area contributed by atoms with Crippen LogP contribution in [-0.2, 0) is 14.4 Å². The van der Waals surface area contributed by atoms with E-state index >= 15 is 0 Å². The number of carbonyl (C=O) groups is 3. The number of anilines is 2. The number of halogens is 3. The van der Waals surface area contributed by atoms with Gasteiger partial charge in [-0.25, -0.2) is 4.90 Å². The van der Waals surface area contributed by atoms with Crippen molar-refractivity contribution in [3.63, 3.8) is 0 Å². The van der Waals surface area contributed by atoms with Gasteiger partial charge in [0.15, 0.2) is 0 Å². The van der Waals surface area contributed by atoms with E-state index in [0.29, 0.717) is 21.4 Å². The molecule has 1 aliphatic heterocycles. The first-order chi connectivity index (χ1) is 12.8. The van der Waals surface area contributed by atoms with Crippen molar-refractivity contribution in [2.45, 2.75) is 11.7 Å². The van der Waals surface area contributed by atoms with E-state index in [1.807, 2.05) is 0 Å². The van der Waals surface area contributed by atoms with Gasteiger partial charge in [-0.05, 0) is 42.5 Å². The standard InChI is InChI=1S/C18H13Cl3N2O3S/c19-10-1-3-11(4-2-10)22-16(24)9-27-15-8-17(25)23(18(15)26)12-5-6-13(20)14(21)7-12/h1-7,15H,8-9H2,(H,22,24). The predicted molar refractivity (Wildman–Crippen MR) is 110 cm³/mol. The molecule has 1 aliphatic rings. The van der Waals surface area contributed by atoms with Gasteiger partial charge in [-0.3, -0.25) is 14.4 Å². The molecular weight excluding hydrogens is 431 g/mol. The molecule has 3 amide bonds. The number of nitrogens with zero attached hydrogens (tertiary/aromatic N) is 1. The van der Waals surface area contributed by atoms with Crippen LogP contribution in [0.5, 0.6) is 0 Å². The van der Waals surface area contributed by atoms with Crippen LogP contribution < -0.4 is 10.2 Å². The molecule has 0 aliphatic carbocycles. The fourth-order valence-electron chi connectivity index (χ4n) is 2.54. The van der Waals surface area contributed by atoms with Crippen molar-refractivity contribution in [1.29, 1.82) is 0 Å². The summed E-state index contributed by atoms with van der Waals surface area (Å²) in [6, 6.07) is 11.3. The Morgan fingerprint density at radius 1 is 1.07 bits per heavy atom. The zero-order valence-corrected chi connectivity index (χ0v) is 16.8. The van der Waals surface area contributed by atoms with Crippen LogP contribution in [0.4, 0.5) is 11.4 Å². The van der Waals surface area contributed by atoms with E-state index in [1.165, 1.54) is 12.1 Å². The highest BCUT2D eigenvalue weighted by Crippen LogP contribution is 2.33. The summed E-state index contributed by atoms with van der Waals surface area (Å²) in [7, 11) is 0. The van der Waals surface area contributed by atoms with Gasteiger partial charge in [0.25, 0.3) is 0 Å². The number of amides is 3. The minimum absolute atomic E-state index is 0.0258. The number of imide groups is 1. The van der Waals surface area contributed by atoms with Gasteiger partial charge in [0, 0.05) is 17.1 Å². The van der Waals surface area contributed by atoms with Gasteiger partial charge in [-0.15, -0.1) is 11.8 Å². The maximum atomic E-state index is 12.6. The Labute approximate surface area is 174 Å². The molecule has 1 unspecified atom stereocenters. The van der Waals surface area contributed by atoms with E-state index in [2.05, 4.69) is 5.32 Å². The highest BCUT2D eigenvalue weighted by molar-refractivity contribution is 8.01. The van der Waals surface area contributed by atoms with Gasteiger partial charge < -0.3 is 5.32 Å². The summed E-state index contributed by atoms with van der Waals surface area (Å²) in [4.78, 5) is 38.0. The Balaban J connectivity index is 1.60. The van der Waals surface area contributed by atoms with Gasteiger partial charge in [-0.1, -0.05) is 34.8 Å². The summed E-state index contributed by atoms with van der Waals surface area (Å²) in [5.74, 6) is -0.936. The third-order valence-electron chi connectivity index (χ3n) is 3.81. The molecule has 1 fully saturated rings. The summed E-state index contributed by atoms with van der Waals surface area (Å²) >= 11 is 18.8. The molecule has 3 rings (SSSR count). The fraction of sp³-hybridized carbons (Fsp3) is 0.167. The monoisotopic (exact) mass is 442 g/mol. The Kier molecular flexibility index (Phi) is 6.32. The highest BCUT2D eigenvalue weighted by Gasteiger charge is 2.40. The Morgan fingerprint density at radius 3 is 2.44 bits per heavy atom. The van der Waals surface area contributed by atoms with E-state index in [0.717, 1.165) is 16.7 Å². The van der Waals surface area contributed by atoms with Crippen LogP contribution in [0.3, 0.4) is 0 Å². The van der Waals surface area contributed by atoms with Gasteiger partial charge in [-0.2, -0.15) is 0 Å². The molecule has 1 atom stereocenters. The van der Waals surface area contributed by atoms with Crippen molar-refractivity contribution in [2.24, 2.45) is 0 Å². The van der Waals surface area contributed by atoms with Crippen molar-refractivity contribution in [3.8, 4) is 0 Å². The Morgan fingerprint density at radius 2 is 1.78 bits per heavy atom. The second-order valence-electron chi connectivity index (χ2n) is 5.72. The summed E-state index contributed by atoms with van der Waals surface area (Å²) in [6.45, 7) is 0. The molecule has 0 saturated carbocycles. The zero-order valence-electron chi connectivity index (χ0n) is 13.7. The molecule has 9 heteroatoms. The fourth-order valence-corrected chi connectivity index (χ4v) is 3.89. The van der Waals surface area contributed by atoms with Crippen LogP contribution in [-0.4, -0.2) is 28.7 Å². The van der Waals surface area contributed by atoms with Crippen molar-refractivity contribution in [2.75, 3.05) is 16.0 Å². The Bertz CT molecular complexity index is 905. The summed E-state index contributed by atoms with van der Waals surface area (Å²) in [5.41, 5.74) is 0.976. The van der Waals surface area contributed by atoms with Crippen molar-refractivity contribution in [3.05, 3.63) is 57.5 Å². The number of benzene rings is 2. The molecular formula is C18H13Cl3N2O3S. The largest absolute Gasteiger partial charge is 0.325 e. The van der Waals surface area contributed by atoms with E-state index in [9.17, 15) is 14.4 Å². The van der Waals surface area contributed by atoms with Crippen LogP contribution >= 0.6 is 46.6 Å². The van der Waals surface area contributed by atoms with Crippen molar-refractivity contribution >= 4 is 75.7 Å². The molecule has 0 spiro atoms. The maximum Gasteiger partial charge on any atom is 0.247 e. The topological polar surface area (TPSA) is 66.5 Å². The average molecular weight is 444 g/mol. The van der Waals surface area contributed by atoms with Crippen LogP contribution in [0.2, 0.25) is 15.1 Å². The molecule has 0 aromatic heterocycles. The number of thioether (sulfide) groups is 1. The molecule has 1 N–H and O–H groups in total. The van der Waals surface area contributed by atoms with Gasteiger partial charge in [0.1, 0.15) is 0 Å². The first-order valence-corrected chi connectivity index (χ1v) is 10.0. The minimum Gasteiger partial charge on any atom is -0.325 e. The second-order valence-corrected chi connectivity index (χ2v) is 8.17. The van der Waals surface area contributed by atoms with Crippen LogP contribution in [0.15, 0.2) is 42.5 Å². The second kappa shape index (κ2) is 8.52. The average Bonchev–Trinajstić information content (AvgIpc) is 2.91. The normalized spacial score (nSPS) is 16.7. The number of hydrogen-bond donors (Lipinski definition) is 1. The van der Waals surface area contributed by atoms with E-state index in [1.54, 1.807) is 30.3 Å². The lowest BCUT2D eigenvalue weighted by atomic mass is 10.3. The molecule has 0 bridgehead atoms. The van der Waals surface area contributed by atoms with Crippen LogP contribution in [0.25, 0.3) is 0 Å². The van der Waals surface area contributed by atoms with E-state index in [-0.39, 0.29) is 34.9 Å². The lowest BCUT2D eigenvalue weighted by Gasteiger charge is -2.15. The smallest absolute Gasteiger partial charge is 0.247 e. The summed E-state index contributed by atoms with van der Waals surface area (Å²) in [5, 5.41) is 3.26. The van der Waals surface area contributed by atoms with Crippen LogP contribution in [0.1, 0.15) is 6.42 Å². The molecule has 2 aromatic carbocycles. The Hall–Kier alpha value is -1.73. The molecule has 27 heavy (non-hydrogen) atoms. The maximum absolute atomic E-state index is 12.6. The van der Waals surface area contributed by atoms with Gasteiger partial charge in [0.05, 0.1) is 26.7 Å². The molecule has 0 radical (unpaired) electrons. The van der Waals surface area contributed by atoms with E-state index in [4.69, 9.17) is 34.8 Å². The minimum atomic E-state index is -0.622. The third kappa shape index (κ3) is 4.76. The van der Waals surface area contributed by atoms with Crippen molar-refractivity contribution in [1.82, 2.24) is 0 Å². The molecule has 5 nitrogen and oxygen atoms in total.